The van der Waals surface area contributed by atoms with E-state index >= 15 is 0 Å². The van der Waals surface area contributed by atoms with E-state index in [1.807, 2.05) is 24.3 Å². The number of benzene rings is 1. The zero-order chi connectivity index (χ0) is 13.5. The first-order valence-electron chi connectivity index (χ1n) is 7.37. The predicted octanol–water partition coefficient (Wildman–Crippen LogP) is 3.44. The molecule has 0 radical (unpaired) electrons. The second-order valence-corrected chi connectivity index (χ2v) is 5.47. The average molecular weight is 260 g/mol. The largest absolute Gasteiger partial charge is 0.326 e. The molecular weight excluding hydrogens is 236 g/mol. The molecule has 1 amide bonds. The molecule has 3 N–H and O–H groups in total. The SMILES string of the molecule is NCc1ccccc1NC(=O)CC1CCCCCC1. The van der Waals surface area contributed by atoms with Crippen molar-refractivity contribution in [1.29, 1.82) is 0 Å². The van der Waals surface area contributed by atoms with Crippen LogP contribution in [0.15, 0.2) is 24.3 Å². The van der Waals surface area contributed by atoms with Crippen molar-refractivity contribution in [2.45, 2.75) is 51.5 Å². The van der Waals surface area contributed by atoms with Crippen molar-refractivity contribution in [3.8, 4) is 0 Å². The van der Waals surface area contributed by atoms with Crippen LogP contribution in [0.4, 0.5) is 5.69 Å². The lowest BCUT2D eigenvalue weighted by Crippen LogP contribution is -2.17. The van der Waals surface area contributed by atoms with E-state index in [-0.39, 0.29) is 5.91 Å². The Morgan fingerprint density at radius 1 is 1.16 bits per heavy atom. The molecule has 1 aromatic rings. The van der Waals surface area contributed by atoms with Crippen molar-refractivity contribution in [2.24, 2.45) is 11.7 Å². The maximum absolute atomic E-state index is 12.1. The molecule has 1 aromatic carbocycles. The van der Waals surface area contributed by atoms with E-state index in [9.17, 15) is 4.79 Å². The molecule has 0 bridgehead atoms. The van der Waals surface area contributed by atoms with Gasteiger partial charge in [0.15, 0.2) is 0 Å². The van der Waals surface area contributed by atoms with Crippen molar-refractivity contribution < 1.29 is 4.79 Å². The standard InChI is InChI=1S/C16H24N2O/c17-12-14-9-5-6-10-15(14)18-16(19)11-13-7-3-1-2-4-8-13/h5-6,9-10,13H,1-4,7-8,11-12,17H2,(H,18,19). The van der Waals surface area contributed by atoms with Gasteiger partial charge >= 0.3 is 0 Å². The Morgan fingerprint density at radius 3 is 2.53 bits per heavy atom. The van der Waals surface area contributed by atoms with E-state index in [2.05, 4.69) is 5.32 Å². The summed E-state index contributed by atoms with van der Waals surface area (Å²) in [7, 11) is 0. The first kappa shape index (κ1) is 14.1. The van der Waals surface area contributed by atoms with Crippen molar-refractivity contribution in [2.75, 3.05) is 5.32 Å². The summed E-state index contributed by atoms with van der Waals surface area (Å²) in [6.07, 6.45) is 8.26. The van der Waals surface area contributed by atoms with Crippen molar-refractivity contribution in [3.63, 3.8) is 0 Å². The van der Waals surface area contributed by atoms with Gasteiger partial charge in [-0.25, -0.2) is 0 Å². The van der Waals surface area contributed by atoms with Gasteiger partial charge in [-0.15, -0.1) is 0 Å². The number of amides is 1. The zero-order valence-corrected chi connectivity index (χ0v) is 11.5. The molecule has 2 rings (SSSR count). The Hall–Kier alpha value is -1.35. The van der Waals surface area contributed by atoms with E-state index in [0.717, 1.165) is 11.3 Å². The molecule has 1 fully saturated rings. The normalized spacial score (nSPS) is 16.9. The van der Waals surface area contributed by atoms with Crippen LogP contribution in [0, 0.1) is 5.92 Å². The van der Waals surface area contributed by atoms with Crippen LogP contribution in [-0.4, -0.2) is 5.91 Å². The molecule has 0 saturated heterocycles. The molecule has 104 valence electrons. The lowest BCUT2D eigenvalue weighted by molar-refractivity contribution is -0.117. The van der Waals surface area contributed by atoms with Gasteiger partial charge in [-0.05, 0) is 30.4 Å². The van der Waals surface area contributed by atoms with Crippen molar-refractivity contribution in [3.05, 3.63) is 29.8 Å². The Bertz CT molecular complexity index is 409. The van der Waals surface area contributed by atoms with E-state index in [4.69, 9.17) is 5.73 Å². The van der Waals surface area contributed by atoms with Gasteiger partial charge in [0.05, 0.1) is 0 Å². The fraction of sp³-hybridized carbons (Fsp3) is 0.562. The minimum Gasteiger partial charge on any atom is -0.326 e. The highest BCUT2D eigenvalue weighted by Crippen LogP contribution is 2.26. The molecule has 3 nitrogen and oxygen atoms in total. The monoisotopic (exact) mass is 260 g/mol. The number of nitrogens with one attached hydrogen (secondary N) is 1. The predicted molar refractivity (Wildman–Crippen MR) is 78.8 cm³/mol. The quantitative estimate of drug-likeness (QED) is 0.815. The van der Waals surface area contributed by atoms with Gasteiger partial charge in [-0.1, -0.05) is 43.9 Å². The van der Waals surface area contributed by atoms with Crippen LogP contribution in [0.2, 0.25) is 0 Å². The average Bonchev–Trinajstić information content (AvgIpc) is 2.68. The van der Waals surface area contributed by atoms with Crippen molar-refractivity contribution in [1.82, 2.24) is 0 Å². The van der Waals surface area contributed by atoms with E-state index < -0.39 is 0 Å². The van der Waals surface area contributed by atoms with Gasteiger partial charge in [-0.3, -0.25) is 4.79 Å². The molecular formula is C16H24N2O. The third kappa shape index (κ3) is 4.35. The van der Waals surface area contributed by atoms with Crippen LogP contribution in [0.1, 0.15) is 50.5 Å². The molecule has 0 atom stereocenters. The third-order valence-electron chi connectivity index (χ3n) is 3.96. The molecule has 19 heavy (non-hydrogen) atoms. The number of hydrogen-bond acceptors (Lipinski definition) is 2. The Kier molecular flexibility index (Phi) is 5.40. The van der Waals surface area contributed by atoms with Gasteiger partial charge in [0, 0.05) is 18.7 Å². The molecule has 0 aromatic heterocycles. The Morgan fingerprint density at radius 2 is 1.84 bits per heavy atom. The van der Waals surface area contributed by atoms with Gasteiger partial charge in [0.1, 0.15) is 0 Å². The number of carbonyl (C=O) groups is 1. The summed E-state index contributed by atoms with van der Waals surface area (Å²) in [6, 6.07) is 7.76. The molecule has 3 heteroatoms. The lowest BCUT2D eigenvalue weighted by Gasteiger charge is -2.15. The van der Waals surface area contributed by atoms with Crippen molar-refractivity contribution >= 4 is 11.6 Å². The highest BCUT2D eigenvalue weighted by atomic mass is 16.1. The van der Waals surface area contributed by atoms with E-state index in [0.29, 0.717) is 18.9 Å². The molecule has 1 aliphatic carbocycles. The highest BCUT2D eigenvalue weighted by Gasteiger charge is 2.16. The number of rotatable bonds is 4. The van der Waals surface area contributed by atoms with Crippen LogP contribution < -0.4 is 11.1 Å². The maximum Gasteiger partial charge on any atom is 0.224 e. The highest BCUT2D eigenvalue weighted by molar-refractivity contribution is 5.91. The number of hydrogen-bond donors (Lipinski definition) is 2. The minimum atomic E-state index is 0.132. The molecule has 1 saturated carbocycles. The number of anilines is 1. The summed E-state index contributed by atoms with van der Waals surface area (Å²) in [5, 5.41) is 3.01. The fourth-order valence-electron chi connectivity index (χ4n) is 2.85. The number of nitrogens with two attached hydrogens (primary N) is 1. The fourth-order valence-corrected chi connectivity index (χ4v) is 2.85. The zero-order valence-electron chi connectivity index (χ0n) is 11.5. The van der Waals surface area contributed by atoms with Crippen LogP contribution in [0.5, 0.6) is 0 Å². The topological polar surface area (TPSA) is 55.1 Å². The van der Waals surface area contributed by atoms with Crippen LogP contribution in [-0.2, 0) is 11.3 Å². The van der Waals surface area contributed by atoms with E-state index in [1.54, 1.807) is 0 Å². The first-order valence-corrected chi connectivity index (χ1v) is 7.37. The molecule has 0 aliphatic heterocycles. The maximum atomic E-state index is 12.1. The molecule has 0 unspecified atom stereocenters. The van der Waals surface area contributed by atoms with Crippen LogP contribution >= 0.6 is 0 Å². The smallest absolute Gasteiger partial charge is 0.224 e. The summed E-state index contributed by atoms with van der Waals surface area (Å²) >= 11 is 0. The molecule has 0 heterocycles. The number of para-hydroxylation sites is 1. The van der Waals surface area contributed by atoms with Gasteiger partial charge in [-0.2, -0.15) is 0 Å². The van der Waals surface area contributed by atoms with E-state index in [1.165, 1.54) is 38.5 Å². The van der Waals surface area contributed by atoms with Gasteiger partial charge in [0.2, 0.25) is 5.91 Å². The first-order chi connectivity index (χ1) is 9.29. The van der Waals surface area contributed by atoms with Crippen LogP contribution in [0.3, 0.4) is 0 Å². The summed E-state index contributed by atoms with van der Waals surface area (Å²) in [5.74, 6) is 0.695. The molecule has 0 spiro atoms. The van der Waals surface area contributed by atoms with Gasteiger partial charge in [0.25, 0.3) is 0 Å². The second-order valence-electron chi connectivity index (χ2n) is 5.47. The summed E-state index contributed by atoms with van der Waals surface area (Å²) in [4.78, 5) is 12.1. The minimum absolute atomic E-state index is 0.132. The van der Waals surface area contributed by atoms with Gasteiger partial charge < -0.3 is 11.1 Å². The third-order valence-corrected chi connectivity index (χ3v) is 3.96. The second kappa shape index (κ2) is 7.29. The Balaban J connectivity index is 1.89. The summed E-state index contributed by atoms with van der Waals surface area (Å²) in [5.41, 5.74) is 7.54. The lowest BCUT2D eigenvalue weighted by atomic mass is 9.96. The summed E-state index contributed by atoms with van der Waals surface area (Å²) in [6.45, 7) is 0.458. The summed E-state index contributed by atoms with van der Waals surface area (Å²) < 4.78 is 0. The number of carbonyl (C=O) groups excluding carboxylic acids is 1. The Labute approximate surface area is 115 Å². The van der Waals surface area contributed by atoms with Crippen LogP contribution in [0.25, 0.3) is 0 Å². The molecule has 1 aliphatic rings.